The Kier molecular flexibility index (Phi) is 6.61. The third-order valence-electron chi connectivity index (χ3n) is 4.35. The fourth-order valence-electron chi connectivity index (χ4n) is 2.92. The molecule has 0 saturated carbocycles. The number of hydrogen-bond acceptors (Lipinski definition) is 2. The van der Waals surface area contributed by atoms with Crippen LogP contribution in [-0.4, -0.2) is 11.8 Å². The first-order chi connectivity index (χ1) is 13.5. The van der Waals surface area contributed by atoms with Crippen LogP contribution in [-0.2, 0) is 11.2 Å². The van der Waals surface area contributed by atoms with Gasteiger partial charge in [-0.3, -0.25) is 9.59 Å². The number of halogens is 1. The third-order valence-corrected chi connectivity index (χ3v) is 4.84. The molecule has 4 nitrogen and oxygen atoms in total. The van der Waals surface area contributed by atoms with Gasteiger partial charge in [-0.05, 0) is 42.3 Å². The van der Waals surface area contributed by atoms with Crippen LogP contribution in [0.15, 0.2) is 83.3 Å². The minimum Gasteiger partial charge on any atom is -0.345 e. The van der Waals surface area contributed by atoms with Gasteiger partial charge < -0.3 is 10.6 Å². The highest BCUT2D eigenvalue weighted by molar-refractivity contribution is 9.10. The Hall–Kier alpha value is -2.92. The smallest absolute Gasteiger partial charge is 0.253 e. The zero-order valence-electron chi connectivity index (χ0n) is 15.5. The third kappa shape index (κ3) is 5.30. The Labute approximate surface area is 173 Å². The molecule has 0 aliphatic heterocycles. The van der Waals surface area contributed by atoms with Crippen molar-refractivity contribution < 1.29 is 9.59 Å². The van der Waals surface area contributed by atoms with Gasteiger partial charge in [0, 0.05) is 4.47 Å². The molecule has 2 N–H and O–H groups in total. The predicted molar refractivity (Wildman–Crippen MR) is 115 cm³/mol. The maximum Gasteiger partial charge on any atom is 0.253 e. The van der Waals surface area contributed by atoms with Gasteiger partial charge >= 0.3 is 0 Å². The monoisotopic (exact) mass is 436 g/mol. The first kappa shape index (κ1) is 19.8. The molecule has 2 amide bonds. The molecule has 0 aliphatic rings. The van der Waals surface area contributed by atoms with Gasteiger partial charge in [0.25, 0.3) is 5.91 Å². The van der Waals surface area contributed by atoms with Gasteiger partial charge in [-0.2, -0.15) is 0 Å². The Morgan fingerprint density at radius 2 is 1.64 bits per heavy atom. The van der Waals surface area contributed by atoms with E-state index in [1.165, 1.54) is 0 Å². The second kappa shape index (κ2) is 9.33. The highest BCUT2D eigenvalue weighted by Crippen LogP contribution is 2.19. The van der Waals surface area contributed by atoms with E-state index in [1.54, 1.807) is 24.3 Å². The van der Waals surface area contributed by atoms with E-state index >= 15 is 0 Å². The summed E-state index contributed by atoms with van der Waals surface area (Å²) in [6.45, 7) is 1.93. The summed E-state index contributed by atoms with van der Waals surface area (Å²) in [5.74, 6) is -0.399. The minimum absolute atomic E-state index is 0.140. The molecule has 3 aromatic carbocycles. The number of nitrogens with one attached hydrogen (secondary N) is 2. The van der Waals surface area contributed by atoms with Gasteiger partial charge in [-0.1, -0.05) is 70.5 Å². The van der Waals surface area contributed by atoms with E-state index in [2.05, 4.69) is 26.6 Å². The lowest BCUT2D eigenvalue weighted by Crippen LogP contribution is -2.28. The van der Waals surface area contributed by atoms with Crippen molar-refractivity contribution in [1.29, 1.82) is 0 Å². The SMILES string of the molecule is CC(NC(=O)c1ccccc1NC(=O)Cc1cccc(Br)c1)c1ccccc1. The van der Waals surface area contributed by atoms with E-state index in [0.717, 1.165) is 15.6 Å². The number of rotatable bonds is 6. The molecule has 0 aromatic heterocycles. The van der Waals surface area contributed by atoms with Crippen LogP contribution in [0.4, 0.5) is 5.69 Å². The van der Waals surface area contributed by atoms with Gasteiger partial charge in [-0.15, -0.1) is 0 Å². The lowest BCUT2D eigenvalue weighted by molar-refractivity contribution is -0.115. The molecule has 0 aliphatic carbocycles. The van der Waals surface area contributed by atoms with Crippen molar-refractivity contribution in [2.24, 2.45) is 0 Å². The van der Waals surface area contributed by atoms with E-state index in [1.807, 2.05) is 61.5 Å². The average Bonchev–Trinajstić information content (AvgIpc) is 2.69. The van der Waals surface area contributed by atoms with Crippen LogP contribution in [0, 0.1) is 0 Å². The van der Waals surface area contributed by atoms with Crippen LogP contribution in [0.1, 0.15) is 34.5 Å². The van der Waals surface area contributed by atoms with Crippen LogP contribution in [0.2, 0.25) is 0 Å². The quantitative estimate of drug-likeness (QED) is 0.563. The Bertz CT molecular complexity index is 973. The fourth-order valence-corrected chi connectivity index (χ4v) is 3.36. The summed E-state index contributed by atoms with van der Waals surface area (Å²) in [5.41, 5.74) is 2.85. The van der Waals surface area contributed by atoms with Crippen molar-refractivity contribution in [2.45, 2.75) is 19.4 Å². The van der Waals surface area contributed by atoms with Gasteiger partial charge in [-0.25, -0.2) is 0 Å². The van der Waals surface area contributed by atoms with E-state index < -0.39 is 0 Å². The molecule has 142 valence electrons. The number of hydrogen-bond donors (Lipinski definition) is 2. The summed E-state index contributed by atoms with van der Waals surface area (Å²) >= 11 is 3.41. The van der Waals surface area contributed by atoms with Crippen molar-refractivity contribution in [2.75, 3.05) is 5.32 Å². The van der Waals surface area contributed by atoms with Crippen LogP contribution in [0.3, 0.4) is 0 Å². The molecule has 3 aromatic rings. The molecule has 0 fully saturated rings. The highest BCUT2D eigenvalue weighted by atomic mass is 79.9. The Morgan fingerprint density at radius 1 is 0.929 bits per heavy atom. The first-order valence-electron chi connectivity index (χ1n) is 9.02. The average molecular weight is 437 g/mol. The molecule has 5 heteroatoms. The van der Waals surface area contributed by atoms with Crippen LogP contribution in [0.5, 0.6) is 0 Å². The summed E-state index contributed by atoms with van der Waals surface area (Å²) in [5, 5.41) is 5.84. The second-order valence-corrected chi connectivity index (χ2v) is 7.42. The summed E-state index contributed by atoms with van der Waals surface area (Å²) in [7, 11) is 0. The largest absolute Gasteiger partial charge is 0.345 e. The molecular weight excluding hydrogens is 416 g/mol. The Balaban J connectivity index is 1.70. The van der Waals surface area contributed by atoms with Crippen LogP contribution < -0.4 is 10.6 Å². The highest BCUT2D eigenvalue weighted by Gasteiger charge is 2.16. The first-order valence-corrected chi connectivity index (χ1v) is 9.81. The molecular formula is C23H21BrN2O2. The lowest BCUT2D eigenvalue weighted by Gasteiger charge is -2.16. The van der Waals surface area contributed by atoms with Crippen molar-refractivity contribution in [3.05, 3.63) is 100 Å². The van der Waals surface area contributed by atoms with Gasteiger partial charge in [0.1, 0.15) is 0 Å². The summed E-state index contributed by atoms with van der Waals surface area (Å²) < 4.78 is 0.924. The maximum atomic E-state index is 12.8. The number of amides is 2. The topological polar surface area (TPSA) is 58.2 Å². The molecule has 1 atom stereocenters. The number of anilines is 1. The lowest BCUT2D eigenvalue weighted by atomic mass is 10.1. The van der Waals surface area contributed by atoms with Crippen molar-refractivity contribution in [3.63, 3.8) is 0 Å². The fraction of sp³-hybridized carbons (Fsp3) is 0.130. The molecule has 0 saturated heterocycles. The number of carbonyl (C=O) groups excluding carboxylic acids is 2. The van der Waals surface area contributed by atoms with Crippen molar-refractivity contribution in [1.82, 2.24) is 5.32 Å². The number of para-hydroxylation sites is 1. The molecule has 28 heavy (non-hydrogen) atoms. The summed E-state index contributed by atoms with van der Waals surface area (Å²) in [4.78, 5) is 25.2. The van der Waals surface area contributed by atoms with Crippen molar-refractivity contribution >= 4 is 33.4 Å². The van der Waals surface area contributed by atoms with E-state index in [4.69, 9.17) is 0 Å². The van der Waals surface area contributed by atoms with Crippen LogP contribution >= 0.6 is 15.9 Å². The van der Waals surface area contributed by atoms with E-state index in [-0.39, 0.29) is 24.3 Å². The van der Waals surface area contributed by atoms with E-state index in [0.29, 0.717) is 11.3 Å². The van der Waals surface area contributed by atoms with Gasteiger partial charge in [0.05, 0.1) is 23.7 Å². The normalized spacial score (nSPS) is 11.5. The predicted octanol–water partition coefficient (Wildman–Crippen LogP) is 5.12. The zero-order chi connectivity index (χ0) is 19.9. The minimum atomic E-state index is -0.227. The number of carbonyl (C=O) groups is 2. The molecule has 0 spiro atoms. The van der Waals surface area contributed by atoms with Crippen LogP contribution in [0.25, 0.3) is 0 Å². The molecule has 0 radical (unpaired) electrons. The molecule has 3 rings (SSSR count). The van der Waals surface area contributed by atoms with Gasteiger partial charge in [0.15, 0.2) is 0 Å². The maximum absolute atomic E-state index is 12.8. The Morgan fingerprint density at radius 3 is 2.39 bits per heavy atom. The molecule has 1 unspecified atom stereocenters. The van der Waals surface area contributed by atoms with Gasteiger partial charge in [0.2, 0.25) is 5.91 Å². The van der Waals surface area contributed by atoms with Crippen molar-refractivity contribution in [3.8, 4) is 0 Å². The second-order valence-electron chi connectivity index (χ2n) is 6.51. The molecule has 0 heterocycles. The summed E-state index contributed by atoms with van der Waals surface area (Å²) in [6, 6.07) is 24.2. The zero-order valence-corrected chi connectivity index (χ0v) is 17.1. The number of benzene rings is 3. The van der Waals surface area contributed by atoms with E-state index in [9.17, 15) is 9.59 Å². The standard InChI is InChI=1S/C23H21BrN2O2/c1-16(18-9-3-2-4-10-18)25-23(28)20-12-5-6-13-21(20)26-22(27)15-17-8-7-11-19(24)14-17/h2-14,16H,15H2,1H3,(H,25,28)(H,26,27). The molecule has 0 bridgehead atoms. The summed E-state index contributed by atoms with van der Waals surface area (Å²) in [6.07, 6.45) is 0.232.